The highest BCUT2D eigenvalue weighted by molar-refractivity contribution is 5.91. The van der Waals surface area contributed by atoms with Crippen molar-refractivity contribution in [2.75, 3.05) is 11.9 Å². The van der Waals surface area contributed by atoms with Gasteiger partial charge in [0.05, 0.1) is 12.8 Å². The molecule has 0 aliphatic carbocycles. The Kier molecular flexibility index (Phi) is 7.21. The summed E-state index contributed by atoms with van der Waals surface area (Å²) in [5, 5.41) is 35.3. The molecule has 1 saturated heterocycles. The number of carbonyl (C=O) groups is 1. The number of aromatic nitrogens is 3. The van der Waals surface area contributed by atoms with Gasteiger partial charge in [0.15, 0.2) is 12.0 Å². The zero-order valence-corrected chi connectivity index (χ0v) is 14.9. The van der Waals surface area contributed by atoms with Crippen molar-refractivity contribution in [1.29, 1.82) is 0 Å². The molecule has 1 amide bonds. The van der Waals surface area contributed by atoms with Gasteiger partial charge in [-0.1, -0.05) is 26.7 Å². The summed E-state index contributed by atoms with van der Waals surface area (Å²) in [7, 11) is 0. The molecule has 4 atom stereocenters. The molecular weight excluding hydrogens is 344 g/mol. The zero-order chi connectivity index (χ0) is 19.3. The Labute approximate surface area is 150 Å². The average molecular weight is 370 g/mol. The fraction of sp³-hybridized carbons (Fsp3) is 0.750. The summed E-state index contributed by atoms with van der Waals surface area (Å²) in [5.74, 6) is -0.358. The highest BCUT2D eigenvalue weighted by atomic mass is 16.6. The summed E-state index contributed by atoms with van der Waals surface area (Å²) in [6.45, 7) is 3.48. The number of rotatable bonds is 8. The van der Waals surface area contributed by atoms with Crippen molar-refractivity contribution >= 4 is 11.7 Å². The lowest BCUT2D eigenvalue weighted by molar-refractivity contribution is -0.120. The fourth-order valence-corrected chi connectivity index (χ4v) is 3.00. The van der Waals surface area contributed by atoms with Gasteiger partial charge in [0.25, 0.3) is 0 Å². The van der Waals surface area contributed by atoms with Gasteiger partial charge in [-0.2, -0.15) is 14.8 Å². The summed E-state index contributed by atoms with van der Waals surface area (Å²) in [5.41, 5.74) is -0.847. The number of ether oxygens (including phenoxy) is 1. The van der Waals surface area contributed by atoms with Gasteiger partial charge >= 0.3 is 5.69 Å². The second-order valence-corrected chi connectivity index (χ2v) is 6.36. The topological polar surface area (TPSA) is 147 Å². The standard InChI is InChI=1S/C16H26N4O6/c1-3-5-9(6-4-2)14(24)18-11-7-17-20(16(25)19-11)15-13(23)12(22)10(8-21)26-15/h7,9-10,12-13,15,21-23H,3-6,8H2,1-2H3,(H,18,19,24,25)/t10-,12+,13?,15-/m1/s1. The molecule has 0 spiro atoms. The first-order valence-corrected chi connectivity index (χ1v) is 8.82. The lowest BCUT2D eigenvalue weighted by atomic mass is 9.97. The number of aliphatic hydroxyl groups is 3. The molecule has 2 heterocycles. The third-order valence-electron chi connectivity index (χ3n) is 4.37. The molecule has 1 unspecified atom stereocenters. The van der Waals surface area contributed by atoms with Gasteiger partial charge in [-0.15, -0.1) is 0 Å². The third-order valence-corrected chi connectivity index (χ3v) is 4.37. The molecule has 1 aliphatic heterocycles. The second kappa shape index (κ2) is 9.17. The molecule has 1 aromatic rings. The predicted octanol–water partition coefficient (Wildman–Crippen LogP) is -0.595. The molecule has 10 nitrogen and oxygen atoms in total. The Hall–Kier alpha value is -1.88. The minimum atomic E-state index is -1.43. The quantitative estimate of drug-likeness (QED) is 0.474. The van der Waals surface area contributed by atoms with Gasteiger partial charge in [-0.25, -0.2) is 4.79 Å². The molecule has 1 aromatic heterocycles. The van der Waals surface area contributed by atoms with Crippen molar-refractivity contribution in [1.82, 2.24) is 14.8 Å². The van der Waals surface area contributed by atoms with Crippen LogP contribution < -0.4 is 11.0 Å². The smallest absolute Gasteiger partial charge is 0.368 e. The number of hydrogen-bond acceptors (Lipinski definition) is 8. The summed E-state index contributed by atoms with van der Waals surface area (Å²) in [6, 6.07) is 0. The first kappa shape index (κ1) is 20.4. The maximum absolute atomic E-state index is 12.3. The van der Waals surface area contributed by atoms with E-state index < -0.39 is 36.8 Å². The van der Waals surface area contributed by atoms with Crippen LogP contribution >= 0.6 is 0 Å². The van der Waals surface area contributed by atoms with Crippen molar-refractivity contribution in [2.24, 2.45) is 5.92 Å². The largest absolute Gasteiger partial charge is 0.394 e. The highest BCUT2D eigenvalue weighted by Gasteiger charge is 2.44. The van der Waals surface area contributed by atoms with Gasteiger partial charge in [0, 0.05) is 5.92 Å². The van der Waals surface area contributed by atoms with E-state index in [4.69, 9.17) is 9.84 Å². The lowest BCUT2D eigenvalue weighted by Gasteiger charge is -2.17. The van der Waals surface area contributed by atoms with Crippen LogP contribution in [0.4, 0.5) is 5.82 Å². The van der Waals surface area contributed by atoms with Crippen LogP contribution in [0, 0.1) is 5.92 Å². The van der Waals surface area contributed by atoms with Crippen LogP contribution in [0.25, 0.3) is 0 Å². The fourth-order valence-electron chi connectivity index (χ4n) is 3.00. The zero-order valence-electron chi connectivity index (χ0n) is 14.9. The van der Waals surface area contributed by atoms with E-state index in [1.807, 2.05) is 13.8 Å². The van der Waals surface area contributed by atoms with Gasteiger partial charge in [-0.3, -0.25) is 4.79 Å². The molecule has 26 heavy (non-hydrogen) atoms. The number of hydrogen-bond donors (Lipinski definition) is 4. The first-order valence-electron chi connectivity index (χ1n) is 8.82. The Morgan fingerprint density at radius 2 is 1.96 bits per heavy atom. The van der Waals surface area contributed by atoms with Gasteiger partial charge < -0.3 is 25.4 Å². The number of nitrogens with one attached hydrogen (secondary N) is 1. The lowest BCUT2D eigenvalue weighted by Crippen LogP contribution is -2.37. The van der Waals surface area contributed by atoms with E-state index in [2.05, 4.69) is 15.4 Å². The Morgan fingerprint density at radius 1 is 1.31 bits per heavy atom. The predicted molar refractivity (Wildman–Crippen MR) is 91.2 cm³/mol. The van der Waals surface area contributed by atoms with Crippen LogP contribution in [-0.4, -0.2) is 60.9 Å². The number of amides is 1. The molecule has 0 bridgehead atoms. The second-order valence-electron chi connectivity index (χ2n) is 6.36. The molecular formula is C16H26N4O6. The molecule has 146 valence electrons. The van der Waals surface area contributed by atoms with E-state index in [0.29, 0.717) is 0 Å². The molecule has 0 saturated carbocycles. The molecule has 4 N–H and O–H groups in total. The minimum Gasteiger partial charge on any atom is -0.394 e. The van der Waals surface area contributed by atoms with E-state index in [-0.39, 0.29) is 17.6 Å². The van der Waals surface area contributed by atoms with Crippen LogP contribution in [0.15, 0.2) is 11.0 Å². The van der Waals surface area contributed by atoms with E-state index in [0.717, 1.165) is 30.4 Å². The number of anilines is 1. The van der Waals surface area contributed by atoms with Crippen molar-refractivity contribution in [3.8, 4) is 0 Å². The highest BCUT2D eigenvalue weighted by Crippen LogP contribution is 2.27. The van der Waals surface area contributed by atoms with Crippen LogP contribution in [0.3, 0.4) is 0 Å². The van der Waals surface area contributed by atoms with Gasteiger partial charge in [-0.05, 0) is 12.8 Å². The van der Waals surface area contributed by atoms with Gasteiger partial charge in [0.1, 0.15) is 18.3 Å². The van der Waals surface area contributed by atoms with Crippen molar-refractivity contribution in [3.63, 3.8) is 0 Å². The number of nitrogens with zero attached hydrogens (tertiary/aromatic N) is 3. The summed E-state index contributed by atoms with van der Waals surface area (Å²) in [4.78, 5) is 28.2. The Bertz CT molecular complexity index is 660. The molecule has 10 heteroatoms. The van der Waals surface area contributed by atoms with Crippen molar-refractivity contribution < 1.29 is 24.9 Å². The van der Waals surface area contributed by atoms with E-state index >= 15 is 0 Å². The van der Waals surface area contributed by atoms with Crippen LogP contribution in [0.5, 0.6) is 0 Å². The normalized spacial score (nSPS) is 25.6. The van der Waals surface area contributed by atoms with Crippen LogP contribution in [-0.2, 0) is 9.53 Å². The summed E-state index contributed by atoms with van der Waals surface area (Å²) in [6.07, 6.45) is -0.651. The monoisotopic (exact) mass is 370 g/mol. The third kappa shape index (κ3) is 4.44. The van der Waals surface area contributed by atoms with Crippen molar-refractivity contribution in [3.05, 3.63) is 16.7 Å². The maximum Gasteiger partial charge on any atom is 0.368 e. The molecule has 0 aromatic carbocycles. The van der Waals surface area contributed by atoms with E-state index in [1.54, 1.807) is 0 Å². The Balaban J connectivity index is 2.12. The first-order chi connectivity index (χ1) is 12.4. The van der Waals surface area contributed by atoms with Crippen molar-refractivity contribution in [2.45, 2.75) is 64.1 Å². The van der Waals surface area contributed by atoms with Crippen LogP contribution in [0.1, 0.15) is 45.8 Å². The van der Waals surface area contributed by atoms with Gasteiger partial charge in [0.2, 0.25) is 5.91 Å². The summed E-state index contributed by atoms with van der Waals surface area (Å²) < 4.78 is 6.02. The molecule has 0 radical (unpaired) electrons. The van der Waals surface area contributed by atoms with E-state index in [9.17, 15) is 19.8 Å². The molecule has 2 rings (SSSR count). The minimum absolute atomic E-state index is 0.0141. The number of aliphatic hydroxyl groups excluding tert-OH is 3. The molecule has 1 aliphatic rings. The Morgan fingerprint density at radius 3 is 2.46 bits per heavy atom. The van der Waals surface area contributed by atoms with Crippen LogP contribution in [0.2, 0.25) is 0 Å². The molecule has 1 fully saturated rings. The SMILES string of the molecule is CCCC(CCC)C(=O)Nc1cnn([C@@H]2O[C@H](CO)[C@H](O)C2O)c(=O)n1. The average Bonchev–Trinajstić information content (AvgIpc) is 2.90. The maximum atomic E-state index is 12.3. The number of carbonyl (C=O) groups excluding carboxylic acids is 1. The van der Waals surface area contributed by atoms with E-state index in [1.165, 1.54) is 6.20 Å². The summed E-state index contributed by atoms with van der Waals surface area (Å²) >= 11 is 0.